The lowest BCUT2D eigenvalue weighted by Crippen LogP contribution is -2.13. The molecule has 130 valence electrons. The molecule has 0 fully saturated rings. The molecule has 3 rings (SSSR count). The Labute approximate surface area is 147 Å². The van der Waals surface area contributed by atoms with Gasteiger partial charge in [0.2, 0.25) is 0 Å². The van der Waals surface area contributed by atoms with Gasteiger partial charge in [0.05, 0.1) is 0 Å². The lowest BCUT2D eigenvalue weighted by Gasteiger charge is -2.10. The van der Waals surface area contributed by atoms with Gasteiger partial charge in [-0.2, -0.15) is 4.98 Å². The smallest absolute Gasteiger partial charge is 0.264 e. The topological polar surface area (TPSA) is 57.4 Å². The van der Waals surface area contributed by atoms with Crippen molar-refractivity contribution < 1.29 is 14.0 Å². The molecule has 5 heteroatoms. The molecule has 1 aromatic heterocycles. The van der Waals surface area contributed by atoms with Gasteiger partial charge in [-0.1, -0.05) is 56.3 Å². The van der Waals surface area contributed by atoms with Crippen molar-refractivity contribution in [1.82, 2.24) is 10.1 Å². The van der Waals surface area contributed by atoms with E-state index in [0.717, 1.165) is 17.1 Å². The van der Waals surface area contributed by atoms with Crippen molar-refractivity contribution in [2.45, 2.75) is 39.4 Å². The van der Waals surface area contributed by atoms with Gasteiger partial charge in [-0.05, 0) is 29.8 Å². The Bertz CT molecular complexity index is 790. The van der Waals surface area contributed by atoms with Crippen molar-refractivity contribution >= 4 is 0 Å². The molecule has 25 heavy (non-hydrogen) atoms. The lowest BCUT2D eigenvalue weighted by molar-refractivity contribution is 0.241. The van der Waals surface area contributed by atoms with Crippen LogP contribution in [0.2, 0.25) is 0 Å². The molecule has 0 N–H and O–H groups in total. The zero-order valence-electron chi connectivity index (χ0n) is 14.7. The maximum absolute atomic E-state index is 5.75. The van der Waals surface area contributed by atoms with Crippen molar-refractivity contribution in [3.8, 4) is 11.5 Å². The van der Waals surface area contributed by atoms with Gasteiger partial charge in [-0.3, -0.25) is 0 Å². The van der Waals surface area contributed by atoms with Crippen molar-refractivity contribution in [2.24, 2.45) is 0 Å². The average molecular weight is 338 g/mol. The minimum absolute atomic E-state index is 0.139. The van der Waals surface area contributed by atoms with Gasteiger partial charge < -0.3 is 14.0 Å². The molecule has 0 aliphatic heterocycles. The van der Waals surface area contributed by atoms with E-state index in [9.17, 15) is 0 Å². The first-order valence-electron chi connectivity index (χ1n) is 8.23. The minimum atomic E-state index is -0.139. The average Bonchev–Trinajstić information content (AvgIpc) is 3.09. The molecule has 3 aromatic rings. The highest BCUT2D eigenvalue weighted by molar-refractivity contribution is 5.31. The number of benzene rings is 2. The molecule has 0 saturated carbocycles. The van der Waals surface area contributed by atoms with Crippen LogP contribution >= 0.6 is 0 Å². The van der Waals surface area contributed by atoms with E-state index in [2.05, 4.69) is 10.1 Å². The Kier molecular flexibility index (Phi) is 5.03. The molecular formula is C20H22N2O3. The van der Waals surface area contributed by atoms with Gasteiger partial charge in [0, 0.05) is 5.41 Å². The second-order valence-corrected chi connectivity index (χ2v) is 6.80. The van der Waals surface area contributed by atoms with E-state index >= 15 is 0 Å². The molecule has 0 bridgehead atoms. The van der Waals surface area contributed by atoms with Gasteiger partial charge in [-0.15, -0.1) is 0 Å². The van der Waals surface area contributed by atoms with E-state index in [1.165, 1.54) is 0 Å². The monoisotopic (exact) mass is 338 g/mol. The van der Waals surface area contributed by atoms with Gasteiger partial charge in [-0.25, -0.2) is 0 Å². The number of aromatic nitrogens is 2. The van der Waals surface area contributed by atoms with Crippen LogP contribution in [0.15, 0.2) is 59.1 Å². The van der Waals surface area contributed by atoms with Crippen LogP contribution in [0.1, 0.15) is 38.0 Å². The number of ether oxygens (including phenoxy) is 2. The summed E-state index contributed by atoms with van der Waals surface area (Å²) in [6.45, 7) is 6.90. The molecule has 0 unspecified atom stereocenters. The SMILES string of the molecule is CC(C)(C)c1noc(COc2ccc(OCc3ccccc3)cc2)n1. The molecule has 0 spiro atoms. The second-order valence-electron chi connectivity index (χ2n) is 6.80. The molecule has 0 aliphatic carbocycles. The Hall–Kier alpha value is -2.82. The maximum Gasteiger partial charge on any atom is 0.264 e. The first kappa shape index (κ1) is 17.0. The summed E-state index contributed by atoms with van der Waals surface area (Å²) in [4.78, 5) is 4.35. The highest BCUT2D eigenvalue weighted by Gasteiger charge is 2.20. The van der Waals surface area contributed by atoms with Gasteiger partial charge in [0.1, 0.15) is 18.1 Å². The molecule has 0 atom stereocenters. The van der Waals surface area contributed by atoms with Crippen LogP contribution in [0.3, 0.4) is 0 Å². The van der Waals surface area contributed by atoms with Crippen LogP contribution in [-0.4, -0.2) is 10.1 Å². The molecule has 5 nitrogen and oxygen atoms in total. The van der Waals surface area contributed by atoms with E-state index in [1.807, 2.05) is 75.4 Å². The predicted molar refractivity (Wildman–Crippen MR) is 94.5 cm³/mol. The van der Waals surface area contributed by atoms with E-state index in [1.54, 1.807) is 0 Å². The number of rotatable bonds is 6. The number of hydrogen-bond donors (Lipinski definition) is 0. The highest BCUT2D eigenvalue weighted by atomic mass is 16.5. The van der Waals surface area contributed by atoms with Crippen LogP contribution in [0.5, 0.6) is 11.5 Å². The Morgan fingerprint density at radius 2 is 1.44 bits per heavy atom. The van der Waals surface area contributed by atoms with Crippen LogP contribution in [0, 0.1) is 0 Å². The van der Waals surface area contributed by atoms with E-state index in [4.69, 9.17) is 14.0 Å². The van der Waals surface area contributed by atoms with Gasteiger partial charge in [0.15, 0.2) is 12.4 Å². The summed E-state index contributed by atoms with van der Waals surface area (Å²) in [7, 11) is 0. The predicted octanol–water partition coefficient (Wildman–Crippen LogP) is 4.53. The van der Waals surface area contributed by atoms with E-state index in [-0.39, 0.29) is 12.0 Å². The van der Waals surface area contributed by atoms with Crippen molar-refractivity contribution in [2.75, 3.05) is 0 Å². The fraction of sp³-hybridized carbons (Fsp3) is 0.300. The van der Waals surface area contributed by atoms with Crippen molar-refractivity contribution in [3.63, 3.8) is 0 Å². The third-order valence-corrected chi connectivity index (χ3v) is 3.57. The molecule has 0 radical (unpaired) electrons. The van der Waals surface area contributed by atoms with Crippen molar-refractivity contribution in [3.05, 3.63) is 71.9 Å². The van der Waals surface area contributed by atoms with Gasteiger partial charge >= 0.3 is 0 Å². The van der Waals surface area contributed by atoms with E-state index < -0.39 is 0 Å². The number of hydrogen-bond acceptors (Lipinski definition) is 5. The minimum Gasteiger partial charge on any atom is -0.489 e. The zero-order chi connectivity index (χ0) is 17.7. The second kappa shape index (κ2) is 7.38. The molecular weight excluding hydrogens is 316 g/mol. The summed E-state index contributed by atoms with van der Waals surface area (Å²) in [6, 6.07) is 17.5. The molecule has 0 amide bonds. The summed E-state index contributed by atoms with van der Waals surface area (Å²) < 4.78 is 16.7. The fourth-order valence-corrected chi connectivity index (χ4v) is 2.14. The van der Waals surface area contributed by atoms with Crippen LogP contribution in [0.25, 0.3) is 0 Å². The summed E-state index contributed by atoms with van der Waals surface area (Å²) >= 11 is 0. The molecule has 1 heterocycles. The number of nitrogens with zero attached hydrogens (tertiary/aromatic N) is 2. The summed E-state index contributed by atoms with van der Waals surface area (Å²) in [6.07, 6.45) is 0. The lowest BCUT2D eigenvalue weighted by atomic mass is 9.96. The summed E-state index contributed by atoms with van der Waals surface area (Å²) in [5.74, 6) is 2.66. The molecule has 2 aromatic carbocycles. The highest BCUT2D eigenvalue weighted by Crippen LogP contribution is 2.21. The fourth-order valence-electron chi connectivity index (χ4n) is 2.14. The van der Waals surface area contributed by atoms with Crippen molar-refractivity contribution in [1.29, 1.82) is 0 Å². The third-order valence-electron chi connectivity index (χ3n) is 3.57. The van der Waals surface area contributed by atoms with Gasteiger partial charge in [0.25, 0.3) is 5.89 Å². The molecule has 0 aliphatic rings. The van der Waals surface area contributed by atoms with E-state index in [0.29, 0.717) is 18.3 Å². The normalized spacial score (nSPS) is 11.3. The third kappa shape index (κ3) is 4.83. The Balaban J connectivity index is 1.51. The van der Waals surface area contributed by atoms with Crippen LogP contribution in [-0.2, 0) is 18.6 Å². The first-order chi connectivity index (χ1) is 12.0. The van der Waals surface area contributed by atoms with Crippen LogP contribution in [0.4, 0.5) is 0 Å². The first-order valence-corrected chi connectivity index (χ1v) is 8.23. The Morgan fingerprint density at radius 1 is 0.840 bits per heavy atom. The summed E-state index contributed by atoms with van der Waals surface area (Å²) in [5, 5.41) is 3.98. The molecule has 0 saturated heterocycles. The standard InChI is InChI=1S/C20H22N2O3/c1-20(2,3)19-21-18(25-22-19)14-24-17-11-9-16(10-12-17)23-13-15-7-5-4-6-8-15/h4-12H,13-14H2,1-3H3. The Morgan fingerprint density at radius 3 is 2.00 bits per heavy atom. The van der Waals surface area contributed by atoms with Crippen LogP contribution < -0.4 is 9.47 Å². The zero-order valence-corrected chi connectivity index (χ0v) is 14.7. The quantitative estimate of drug-likeness (QED) is 0.661. The maximum atomic E-state index is 5.75. The summed E-state index contributed by atoms with van der Waals surface area (Å²) in [5.41, 5.74) is 0.994. The largest absolute Gasteiger partial charge is 0.489 e.